The third-order valence-corrected chi connectivity index (χ3v) is 4.41. The predicted molar refractivity (Wildman–Crippen MR) is 99.1 cm³/mol. The Morgan fingerprint density at radius 2 is 1.81 bits per heavy atom. The van der Waals surface area contributed by atoms with E-state index in [1.165, 1.54) is 33.5 Å². The van der Waals surface area contributed by atoms with Gasteiger partial charge < -0.3 is 24.3 Å². The van der Waals surface area contributed by atoms with Gasteiger partial charge in [-0.1, -0.05) is 11.6 Å². The molecule has 3 rings (SSSR count). The van der Waals surface area contributed by atoms with E-state index in [4.69, 9.17) is 30.5 Å². The molecule has 1 atom stereocenters. The van der Waals surface area contributed by atoms with Crippen molar-refractivity contribution in [3.63, 3.8) is 0 Å². The zero-order chi connectivity index (χ0) is 19.6. The lowest BCUT2D eigenvalue weighted by molar-refractivity contribution is -0.122. The van der Waals surface area contributed by atoms with Crippen LogP contribution in [0.15, 0.2) is 30.3 Å². The summed E-state index contributed by atoms with van der Waals surface area (Å²) < 4.78 is 20.9. The van der Waals surface area contributed by atoms with Crippen molar-refractivity contribution in [1.82, 2.24) is 0 Å². The van der Waals surface area contributed by atoms with Gasteiger partial charge in [0.2, 0.25) is 0 Å². The molecule has 2 aromatic carbocycles. The fourth-order valence-corrected chi connectivity index (χ4v) is 3.03. The Kier molecular flexibility index (Phi) is 5.41. The van der Waals surface area contributed by atoms with E-state index in [1.807, 2.05) is 0 Å². The average Bonchev–Trinajstić information content (AvgIpc) is 3.10. The minimum atomic E-state index is -0.739. The molecule has 1 aliphatic heterocycles. The van der Waals surface area contributed by atoms with Crippen molar-refractivity contribution in [3.8, 4) is 17.2 Å². The first-order valence-electron chi connectivity index (χ1n) is 8.07. The average molecular weight is 392 g/mol. The number of esters is 1. The topological polar surface area (TPSA) is 83.1 Å². The van der Waals surface area contributed by atoms with Gasteiger partial charge in [0.25, 0.3) is 5.91 Å². The van der Waals surface area contributed by atoms with Gasteiger partial charge in [0.15, 0.2) is 17.6 Å². The van der Waals surface area contributed by atoms with Crippen LogP contribution < -0.4 is 19.5 Å². The van der Waals surface area contributed by atoms with Crippen LogP contribution in [0.25, 0.3) is 0 Å². The number of rotatable bonds is 5. The third kappa shape index (κ3) is 3.78. The second kappa shape index (κ2) is 7.75. The maximum atomic E-state index is 12.7. The van der Waals surface area contributed by atoms with Gasteiger partial charge in [0, 0.05) is 23.6 Å². The Balaban J connectivity index is 1.86. The zero-order valence-electron chi connectivity index (χ0n) is 15.0. The fraction of sp³-hybridized carbons (Fsp3) is 0.263. The SMILES string of the molecule is COC(=O)c1cc(OC)c(OC)cc1NC(=O)[C@@H]1Cc2cc(Cl)ccc2O1. The molecule has 0 aromatic heterocycles. The number of carbonyl (C=O) groups is 2. The number of ether oxygens (including phenoxy) is 4. The minimum absolute atomic E-state index is 0.141. The van der Waals surface area contributed by atoms with E-state index in [0.717, 1.165) is 5.56 Å². The largest absolute Gasteiger partial charge is 0.493 e. The molecule has 0 bridgehead atoms. The highest BCUT2D eigenvalue weighted by molar-refractivity contribution is 6.30. The lowest BCUT2D eigenvalue weighted by atomic mass is 10.1. The van der Waals surface area contributed by atoms with Crippen molar-refractivity contribution in [1.29, 1.82) is 0 Å². The van der Waals surface area contributed by atoms with Crippen molar-refractivity contribution in [3.05, 3.63) is 46.5 Å². The molecule has 1 heterocycles. The first-order chi connectivity index (χ1) is 13.0. The maximum Gasteiger partial charge on any atom is 0.340 e. The van der Waals surface area contributed by atoms with E-state index in [0.29, 0.717) is 28.7 Å². The molecule has 1 amide bonds. The molecule has 0 spiro atoms. The second-order valence-corrected chi connectivity index (χ2v) is 6.23. The number of fused-ring (bicyclic) bond motifs is 1. The van der Waals surface area contributed by atoms with Crippen LogP contribution in [0.1, 0.15) is 15.9 Å². The summed E-state index contributed by atoms with van der Waals surface area (Å²) in [5, 5.41) is 3.29. The van der Waals surface area contributed by atoms with Crippen molar-refractivity contribution < 1.29 is 28.5 Å². The lowest BCUT2D eigenvalue weighted by Crippen LogP contribution is -2.32. The van der Waals surface area contributed by atoms with Gasteiger partial charge in [-0.2, -0.15) is 0 Å². The van der Waals surface area contributed by atoms with Crippen molar-refractivity contribution in [2.24, 2.45) is 0 Å². The van der Waals surface area contributed by atoms with Gasteiger partial charge in [-0.25, -0.2) is 4.79 Å². The van der Waals surface area contributed by atoms with Gasteiger partial charge in [0.1, 0.15) is 5.75 Å². The highest BCUT2D eigenvalue weighted by Crippen LogP contribution is 2.35. The lowest BCUT2D eigenvalue weighted by Gasteiger charge is -2.16. The Morgan fingerprint density at radius 3 is 2.48 bits per heavy atom. The van der Waals surface area contributed by atoms with Gasteiger partial charge in [-0.15, -0.1) is 0 Å². The van der Waals surface area contributed by atoms with Crippen LogP contribution in [0.5, 0.6) is 17.2 Å². The summed E-state index contributed by atoms with van der Waals surface area (Å²) in [5.74, 6) is 0.298. The molecule has 0 saturated heterocycles. The molecule has 2 aromatic rings. The van der Waals surface area contributed by atoms with Crippen molar-refractivity contribution in [2.45, 2.75) is 12.5 Å². The quantitative estimate of drug-likeness (QED) is 0.788. The number of hydrogen-bond acceptors (Lipinski definition) is 6. The molecule has 7 nitrogen and oxygen atoms in total. The van der Waals surface area contributed by atoms with Crippen molar-refractivity contribution >= 4 is 29.2 Å². The first-order valence-corrected chi connectivity index (χ1v) is 8.45. The van der Waals surface area contributed by atoms with E-state index in [1.54, 1.807) is 18.2 Å². The van der Waals surface area contributed by atoms with Gasteiger partial charge in [0.05, 0.1) is 32.6 Å². The number of amides is 1. The van der Waals surface area contributed by atoms with Crippen LogP contribution in [-0.2, 0) is 16.0 Å². The molecule has 0 aliphatic carbocycles. The van der Waals surface area contributed by atoms with Gasteiger partial charge in [-0.3, -0.25) is 4.79 Å². The number of methoxy groups -OCH3 is 3. The molecule has 0 unspecified atom stereocenters. The van der Waals surface area contributed by atoms with Crippen LogP contribution in [0.2, 0.25) is 5.02 Å². The Labute approximate surface area is 161 Å². The third-order valence-electron chi connectivity index (χ3n) is 4.18. The number of halogens is 1. The summed E-state index contributed by atoms with van der Waals surface area (Å²) in [6.45, 7) is 0. The summed E-state index contributed by atoms with van der Waals surface area (Å²) in [6, 6.07) is 8.14. The fourth-order valence-electron chi connectivity index (χ4n) is 2.84. The number of nitrogens with one attached hydrogen (secondary N) is 1. The number of hydrogen-bond donors (Lipinski definition) is 1. The van der Waals surface area contributed by atoms with Crippen LogP contribution in [0.3, 0.4) is 0 Å². The smallest absolute Gasteiger partial charge is 0.340 e. The van der Waals surface area contributed by atoms with Gasteiger partial charge >= 0.3 is 5.97 Å². The van der Waals surface area contributed by atoms with Gasteiger partial charge in [-0.05, 0) is 23.8 Å². The predicted octanol–water partition coefficient (Wildman–Crippen LogP) is 3.09. The minimum Gasteiger partial charge on any atom is -0.493 e. The summed E-state index contributed by atoms with van der Waals surface area (Å²) in [4.78, 5) is 24.8. The van der Waals surface area contributed by atoms with E-state index in [-0.39, 0.29) is 11.3 Å². The maximum absolute atomic E-state index is 12.7. The molecule has 0 fully saturated rings. The van der Waals surface area contributed by atoms with Crippen LogP contribution in [0.4, 0.5) is 5.69 Å². The Morgan fingerprint density at radius 1 is 1.11 bits per heavy atom. The summed E-state index contributed by atoms with van der Waals surface area (Å²) in [7, 11) is 4.17. The van der Waals surface area contributed by atoms with E-state index in [2.05, 4.69) is 5.32 Å². The highest BCUT2D eigenvalue weighted by Gasteiger charge is 2.30. The molecule has 8 heteroatoms. The second-order valence-electron chi connectivity index (χ2n) is 5.80. The molecule has 142 valence electrons. The molecule has 0 radical (unpaired) electrons. The Bertz CT molecular complexity index is 898. The van der Waals surface area contributed by atoms with Crippen LogP contribution in [0, 0.1) is 0 Å². The Hall–Kier alpha value is -2.93. The number of anilines is 1. The normalized spacial score (nSPS) is 14.7. The molecular formula is C19H18ClNO6. The molecule has 1 N–H and O–H groups in total. The van der Waals surface area contributed by atoms with Crippen molar-refractivity contribution in [2.75, 3.05) is 26.6 Å². The molecule has 1 aliphatic rings. The zero-order valence-corrected chi connectivity index (χ0v) is 15.8. The highest BCUT2D eigenvalue weighted by atomic mass is 35.5. The van der Waals surface area contributed by atoms with E-state index >= 15 is 0 Å². The van der Waals surface area contributed by atoms with Crippen LogP contribution >= 0.6 is 11.6 Å². The van der Waals surface area contributed by atoms with Crippen LogP contribution in [-0.4, -0.2) is 39.3 Å². The number of carbonyl (C=O) groups excluding carboxylic acids is 2. The standard InChI is InChI=1S/C19H18ClNO6/c1-24-15-8-12(19(23)26-3)13(9-16(15)25-2)21-18(22)17-7-10-6-11(20)4-5-14(10)27-17/h4-6,8-9,17H,7H2,1-3H3,(H,21,22)/t17-/m0/s1. The van der Waals surface area contributed by atoms with E-state index in [9.17, 15) is 9.59 Å². The molecule has 0 saturated carbocycles. The van der Waals surface area contributed by atoms with E-state index < -0.39 is 18.0 Å². The number of benzene rings is 2. The molecular weight excluding hydrogens is 374 g/mol. The summed E-state index contributed by atoms with van der Waals surface area (Å²) in [6.07, 6.45) is -0.361. The molecule has 27 heavy (non-hydrogen) atoms. The summed E-state index contributed by atoms with van der Waals surface area (Å²) in [5.41, 5.74) is 1.23. The monoisotopic (exact) mass is 391 g/mol. The first kappa shape index (κ1) is 18.8. The summed E-state index contributed by atoms with van der Waals surface area (Å²) >= 11 is 5.98.